The second-order valence-electron chi connectivity index (χ2n) is 6.79. The average molecular weight is 439 g/mol. The van der Waals surface area contributed by atoms with Crippen molar-refractivity contribution in [3.05, 3.63) is 46.6 Å². The van der Waals surface area contributed by atoms with E-state index in [4.69, 9.17) is 11.6 Å². The van der Waals surface area contributed by atoms with Crippen LogP contribution in [0.1, 0.15) is 43.0 Å². The minimum Gasteiger partial charge on any atom is -0.350 e. The number of hydrogen-bond acceptors (Lipinski definition) is 4. The SMILES string of the molecule is CCCC(C)NC(=O)/C=C/c1c(-c2ccccc2C)nc2sc(C(F)(F)Cl)nn12. The molecule has 9 heteroatoms. The van der Waals surface area contributed by atoms with Crippen LogP contribution in [-0.4, -0.2) is 26.5 Å². The van der Waals surface area contributed by atoms with Gasteiger partial charge < -0.3 is 5.32 Å². The largest absolute Gasteiger partial charge is 0.375 e. The first-order chi connectivity index (χ1) is 13.7. The first-order valence-corrected chi connectivity index (χ1v) is 10.4. The Morgan fingerprint density at radius 2 is 2.14 bits per heavy atom. The number of carbonyl (C=O) groups excluding carboxylic acids is 1. The molecular weight excluding hydrogens is 418 g/mol. The number of fused-ring (bicyclic) bond motifs is 1. The summed E-state index contributed by atoms with van der Waals surface area (Å²) in [5.41, 5.74) is 2.81. The van der Waals surface area contributed by atoms with E-state index in [1.807, 2.05) is 45.0 Å². The highest BCUT2D eigenvalue weighted by Gasteiger charge is 2.34. The number of amides is 1. The Kier molecular flexibility index (Phi) is 6.33. The molecule has 0 radical (unpaired) electrons. The first-order valence-electron chi connectivity index (χ1n) is 9.22. The molecular formula is C20H21ClF2N4OS. The summed E-state index contributed by atoms with van der Waals surface area (Å²) >= 11 is 5.84. The summed E-state index contributed by atoms with van der Waals surface area (Å²) in [4.78, 5) is 17.0. The lowest BCUT2D eigenvalue weighted by molar-refractivity contribution is -0.117. The minimum absolute atomic E-state index is 0.0410. The maximum absolute atomic E-state index is 13.5. The molecule has 3 aromatic rings. The highest BCUT2D eigenvalue weighted by molar-refractivity contribution is 7.17. The number of nitrogens with one attached hydrogen (secondary N) is 1. The number of alkyl halides is 3. The predicted octanol–water partition coefficient (Wildman–Crippen LogP) is 5.37. The van der Waals surface area contributed by atoms with Gasteiger partial charge in [-0.25, -0.2) is 9.50 Å². The molecule has 0 bridgehead atoms. The van der Waals surface area contributed by atoms with Gasteiger partial charge in [0.25, 0.3) is 0 Å². The first kappa shape index (κ1) is 21.4. The van der Waals surface area contributed by atoms with Crippen molar-refractivity contribution < 1.29 is 13.6 Å². The summed E-state index contributed by atoms with van der Waals surface area (Å²) in [6.07, 6.45) is 4.74. The Labute approximate surface area is 176 Å². The van der Waals surface area contributed by atoms with Gasteiger partial charge in [-0.15, -0.1) is 0 Å². The molecule has 0 saturated carbocycles. The number of imidazole rings is 1. The van der Waals surface area contributed by atoms with Gasteiger partial charge >= 0.3 is 5.38 Å². The molecule has 1 unspecified atom stereocenters. The fraction of sp³-hybridized carbons (Fsp3) is 0.350. The lowest BCUT2D eigenvalue weighted by atomic mass is 10.0. The Morgan fingerprint density at radius 3 is 2.79 bits per heavy atom. The van der Waals surface area contributed by atoms with Crippen LogP contribution in [0.15, 0.2) is 30.3 Å². The second kappa shape index (κ2) is 8.59. The van der Waals surface area contributed by atoms with E-state index in [0.717, 1.165) is 24.0 Å². The molecule has 0 aliphatic rings. The quantitative estimate of drug-likeness (QED) is 0.398. The van der Waals surface area contributed by atoms with E-state index in [2.05, 4.69) is 15.4 Å². The molecule has 3 rings (SSSR count). The van der Waals surface area contributed by atoms with Crippen molar-refractivity contribution in [3.63, 3.8) is 0 Å². The minimum atomic E-state index is -3.58. The third-order valence-corrected chi connectivity index (χ3v) is 5.65. The third kappa shape index (κ3) is 4.82. The normalized spacial score (nSPS) is 13.3. The van der Waals surface area contributed by atoms with Crippen LogP contribution >= 0.6 is 22.9 Å². The van der Waals surface area contributed by atoms with Gasteiger partial charge in [-0.1, -0.05) is 48.9 Å². The Bertz CT molecular complexity index is 1050. The highest BCUT2D eigenvalue weighted by Crippen LogP contribution is 2.37. The molecule has 0 spiro atoms. The summed E-state index contributed by atoms with van der Waals surface area (Å²) in [5.74, 6) is -0.269. The maximum atomic E-state index is 13.5. The fourth-order valence-electron chi connectivity index (χ4n) is 3.02. The van der Waals surface area contributed by atoms with Crippen molar-refractivity contribution in [1.29, 1.82) is 0 Å². The molecule has 1 N–H and O–H groups in total. The highest BCUT2D eigenvalue weighted by atomic mass is 35.5. The smallest absolute Gasteiger partial charge is 0.350 e. The van der Waals surface area contributed by atoms with Gasteiger partial charge in [0, 0.05) is 17.7 Å². The molecule has 154 valence electrons. The Balaban J connectivity index is 2.05. The van der Waals surface area contributed by atoms with E-state index < -0.39 is 10.4 Å². The number of carbonyl (C=O) groups is 1. The predicted molar refractivity (Wildman–Crippen MR) is 112 cm³/mol. The van der Waals surface area contributed by atoms with Crippen molar-refractivity contribution in [1.82, 2.24) is 19.9 Å². The Morgan fingerprint density at radius 1 is 1.41 bits per heavy atom. The summed E-state index contributed by atoms with van der Waals surface area (Å²) in [5, 5.41) is 2.68. The molecule has 2 aromatic heterocycles. The van der Waals surface area contributed by atoms with Gasteiger partial charge in [-0.3, -0.25) is 4.79 Å². The molecule has 0 aliphatic heterocycles. The summed E-state index contributed by atoms with van der Waals surface area (Å²) in [6.45, 7) is 5.91. The second-order valence-corrected chi connectivity index (χ2v) is 8.22. The van der Waals surface area contributed by atoms with Crippen molar-refractivity contribution in [2.24, 2.45) is 0 Å². The molecule has 0 aliphatic carbocycles. The monoisotopic (exact) mass is 438 g/mol. The number of hydrogen-bond donors (Lipinski definition) is 1. The number of halogens is 3. The van der Waals surface area contributed by atoms with E-state index in [0.29, 0.717) is 22.7 Å². The summed E-state index contributed by atoms with van der Waals surface area (Å²) in [7, 11) is 0. The topological polar surface area (TPSA) is 59.3 Å². The van der Waals surface area contributed by atoms with Gasteiger partial charge in [-0.05, 0) is 43.5 Å². The zero-order valence-electron chi connectivity index (χ0n) is 16.2. The molecule has 1 amide bonds. The van der Waals surface area contributed by atoms with Crippen LogP contribution in [-0.2, 0) is 10.2 Å². The van der Waals surface area contributed by atoms with E-state index in [1.165, 1.54) is 10.6 Å². The zero-order chi connectivity index (χ0) is 21.2. The van der Waals surface area contributed by atoms with E-state index >= 15 is 0 Å². The van der Waals surface area contributed by atoms with E-state index in [9.17, 15) is 13.6 Å². The molecule has 1 aromatic carbocycles. The lowest BCUT2D eigenvalue weighted by Gasteiger charge is -2.10. The zero-order valence-corrected chi connectivity index (χ0v) is 17.8. The van der Waals surface area contributed by atoms with Crippen molar-refractivity contribution in [3.8, 4) is 11.3 Å². The van der Waals surface area contributed by atoms with Gasteiger partial charge in [0.05, 0.1) is 11.4 Å². The molecule has 29 heavy (non-hydrogen) atoms. The number of nitrogens with zero attached hydrogens (tertiary/aromatic N) is 3. The van der Waals surface area contributed by atoms with Crippen LogP contribution in [0.25, 0.3) is 22.3 Å². The fourth-order valence-corrected chi connectivity index (χ4v) is 3.94. The van der Waals surface area contributed by atoms with Gasteiger partial charge in [0.2, 0.25) is 15.9 Å². The maximum Gasteiger partial charge on any atom is 0.375 e. The molecule has 2 heterocycles. The van der Waals surface area contributed by atoms with Crippen LogP contribution < -0.4 is 5.32 Å². The van der Waals surface area contributed by atoms with Gasteiger partial charge in [0.15, 0.2) is 0 Å². The molecule has 5 nitrogen and oxygen atoms in total. The molecule has 0 saturated heterocycles. The Hall–Kier alpha value is -2.32. The van der Waals surface area contributed by atoms with Crippen LogP contribution in [0.4, 0.5) is 8.78 Å². The standard InChI is InChI=1S/C20H21ClF2N4OS/c1-4-7-13(3)24-16(28)11-10-15-17(14-9-6-5-8-12(14)2)25-19-27(15)26-18(29-19)20(21,22)23/h5-6,8-11,13H,4,7H2,1-3H3,(H,24,28)/b11-10+. The molecule has 0 fully saturated rings. The number of benzene rings is 1. The average Bonchev–Trinajstić information content (AvgIpc) is 3.18. The number of aromatic nitrogens is 3. The van der Waals surface area contributed by atoms with Gasteiger partial charge in [0.1, 0.15) is 0 Å². The van der Waals surface area contributed by atoms with E-state index in [-0.39, 0.29) is 16.9 Å². The number of aryl methyl sites for hydroxylation is 1. The van der Waals surface area contributed by atoms with Gasteiger partial charge in [-0.2, -0.15) is 13.9 Å². The van der Waals surface area contributed by atoms with Crippen molar-refractivity contribution in [2.75, 3.05) is 0 Å². The van der Waals surface area contributed by atoms with Crippen LogP contribution in [0, 0.1) is 6.92 Å². The lowest BCUT2D eigenvalue weighted by Crippen LogP contribution is -2.30. The van der Waals surface area contributed by atoms with Crippen molar-refractivity contribution in [2.45, 2.75) is 45.0 Å². The van der Waals surface area contributed by atoms with E-state index in [1.54, 1.807) is 6.08 Å². The van der Waals surface area contributed by atoms with Crippen LogP contribution in [0.3, 0.4) is 0 Å². The summed E-state index contributed by atoms with van der Waals surface area (Å²) in [6, 6.07) is 7.63. The molecule has 1 atom stereocenters. The van der Waals surface area contributed by atoms with Crippen molar-refractivity contribution >= 4 is 39.9 Å². The van der Waals surface area contributed by atoms with Crippen LogP contribution in [0.5, 0.6) is 0 Å². The summed E-state index contributed by atoms with van der Waals surface area (Å²) < 4.78 is 28.3. The third-order valence-electron chi connectivity index (χ3n) is 4.38. The van der Waals surface area contributed by atoms with Crippen LogP contribution in [0.2, 0.25) is 0 Å². The number of rotatable bonds is 7.